The summed E-state index contributed by atoms with van der Waals surface area (Å²) in [5.41, 5.74) is 2.22. The van der Waals surface area contributed by atoms with Crippen LogP contribution in [0.2, 0.25) is 0 Å². The molecule has 0 heterocycles. The molecule has 0 atom stereocenters. The van der Waals surface area contributed by atoms with Gasteiger partial charge >= 0.3 is 0 Å². The molecule has 0 aliphatic heterocycles. The molecular weight excluding hydrogens is 370 g/mol. The topological polar surface area (TPSA) is 41.1 Å². The molecule has 0 radical (unpaired) electrons. The van der Waals surface area contributed by atoms with Gasteiger partial charge in [-0.3, -0.25) is 4.79 Å². The first kappa shape index (κ1) is 14.9. The quantitative estimate of drug-likeness (QED) is 0.794. The van der Waals surface area contributed by atoms with Crippen LogP contribution in [0.4, 0.5) is 10.1 Å². The summed E-state index contributed by atoms with van der Waals surface area (Å²) in [5.74, 6) is -0.584. The molecule has 0 bridgehead atoms. The fourth-order valence-corrected chi connectivity index (χ4v) is 2.57. The standard InChI is InChI=1S/C15H14FIN2O/c1-18-9-10-4-2-3-5-14(10)19-15(20)12-7-6-11(16)8-13(12)17/h2-8,18H,9H2,1H3,(H,19,20). The fraction of sp³-hybridized carbons (Fsp3) is 0.133. The second-order valence-corrected chi connectivity index (χ2v) is 5.43. The van der Waals surface area contributed by atoms with Gasteiger partial charge in [-0.1, -0.05) is 18.2 Å². The lowest BCUT2D eigenvalue weighted by molar-refractivity contribution is 0.102. The molecular formula is C15H14FIN2O. The number of carbonyl (C=O) groups excluding carboxylic acids is 1. The van der Waals surface area contributed by atoms with E-state index in [1.165, 1.54) is 18.2 Å². The molecule has 2 rings (SSSR count). The predicted molar refractivity (Wildman–Crippen MR) is 86.3 cm³/mol. The van der Waals surface area contributed by atoms with Crippen LogP contribution >= 0.6 is 22.6 Å². The fourth-order valence-electron chi connectivity index (χ4n) is 1.85. The molecule has 2 aromatic carbocycles. The maximum absolute atomic E-state index is 13.1. The first-order valence-corrected chi connectivity index (χ1v) is 7.18. The highest BCUT2D eigenvalue weighted by Gasteiger charge is 2.12. The zero-order chi connectivity index (χ0) is 14.5. The van der Waals surface area contributed by atoms with E-state index in [-0.39, 0.29) is 11.7 Å². The van der Waals surface area contributed by atoms with Crippen molar-refractivity contribution in [2.75, 3.05) is 12.4 Å². The van der Waals surface area contributed by atoms with Crippen molar-refractivity contribution in [1.29, 1.82) is 0 Å². The molecule has 0 aliphatic carbocycles. The lowest BCUT2D eigenvalue weighted by atomic mass is 10.1. The maximum atomic E-state index is 13.1. The van der Waals surface area contributed by atoms with E-state index in [2.05, 4.69) is 10.6 Å². The summed E-state index contributed by atoms with van der Waals surface area (Å²) >= 11 is 1.96. The van der Waals surface area contributed by atoms with Crippen molar-refractivity contribution < 1.29 is 9.18 Å². The highest BCUT2D eigenvalue weighted by Crippen LogP contribution is 2.19. The van der Waals surface area contributed by atoms with Crippen LogP contribution in [-0.2, 0) is 6.54 Å². The number of hydrogen-bond acceptors (Lipinski definition) is 2. The van der Waals surface area contributed by atoms with E-state index in [0.717, 1.165) is 11.3 Å². The van der Waals surface area contributed by atoms with Gasteiger partial charge in [-0.2, -0.15) is 0 Å². The second kappa shape index (κ2) is 6.81. The lowest BCUT2D eigenvalue weighted by Crippen LogP contribution is -2.16. The van der Waals surface area contributed by atoms with Crippen molar-refractivity contribution in [3.05, 3.63) is 63.0 Å². The molecule has 104 valence electrons. The number of carbonyl (C=O) groups is 1. The van der Waals surface area contributed by atoms with Gasteiger partial charge in [0.05, 0.1) is 5.56 Å². The van der Waals surface area contributed by atoms with E-state index in [0.29, 0.717) is 15.7 Å². The summed E-state index contributed by atoms with van der Waals surface area (Å²) in [6, 6.07) is 11.7. The van der Waals surface area contributed by atoms with Crippen LogP contribution < -0.4 is 10.6 Å². The Balaban J connectivity index is 2.23. The van der Waals surface area contributed by atoms with Crippen molar-refractivity contribution in [1.82, 2.24) is 5.32 Å². The van der Waals surface area contributed by atoms with Gasteiger partial charge < -0.3 is 10.6 Å². The molecule has 0 fully saturated rings. The molecule has 0 saturated heterocycles. The smallest absolute Gasteiger partial charge is 0.256 e. The minimum Gasteiger partial charge on any atom is -0.322 e. The van der Waals surface area contributed by atoms with Gasteiger partial charge in [-0.15, -0.1) is 0 Å². The normalized spacial score (nSPS) is 10.3. The maximum Gasteiger partial charge on any atom is 0.256 e. The largest absolute Gasteiger partial charge is 0.322 e. The minimum atomic E-state index is -0.346. The molecule has 0 aliphatic rings. The molecule has 0 aromatic heterocycles. The van der Waals surface area contributed by atoms with E-state index in [1.807, 2.05) is 53.9 Å². The van der Waals surface area contributed by atoms with Gasteiger partial charge in [0.2, 0.25) is 0 Å². The van der Waals surface area contributed by atoms with Crippen molar-refractivity contribution >= 4 is 34.2 Å². The van der Waals surface area contributed by atoms with Gasteiger partial charge in [-0.05, 0) is 59.5 Å². The highest BCUT2D eigenvalue weighted by atomic mass is 127. The number of amides is 1. The van der Waals surface area contributed by atoms with E-state index in [9.17, 15) is 9.18 Å². The number of benzene rings is 2. The summed E-state index contributed by atoms with van der Waals surface area (Å²) in [6.07, 6.45) is 0. The average Bonchev–Trinajstić information content (AvgIpc) is 2.41. The van der Waals surface area contributed by atoms with E-state index < -0.39 is 0 Å². The van der Waals surface area contributed by atoms with E-state index in [1.54, 1.807) is 0 Å². The Kier molecular flexibility index (Phi) is 5.08. The molecule has 5 heteroatoms. The summed E-state index contributed by atoms with van der Waals surface area (Å²) in [6.45, 7) is 0.664. The number of rotatable bonds is 4. The van der Waals surface area contributed by atoms with Crippen LogP contribution in [0.3, 0.4) is 0 Å². The number of hydrogen-bond donors (Lipinski definition) is 2. The zero-order valence-electron chi connectivity index (χ0n) is 10.9. The van der Waals surface area contributed by atoms with E-state index >= 15 is 0 Å². The summed E-state index contributed by atoms with van der Waals surface area (Å²) in [7, 11) is 1.85. The number of para-hydroxylation sites is 1. The summed E-state index contributed by atoms with van der Waals surface area (Å²) in [4.78, 5) is 12.2. The molecule has 2 aromatic rings. The van der Waals surface area contributed by atoms with Gasteiger partial charge in [0.25, 0.3) is 5.91 Å². The molecule has 0 saturated carbocycles. The predicted octanol–water partition coefficient (Wildman–Crippen LogP) is 3.40. The highest BCUT2D eigenvalue weighted by molar-refractivity contribution is 14.1. The Hall–Kier alpha value is -1.47. The third-order valence-electron chi connectivity index (χ3n) is 2.81. The number of nitrogens with one attached hydrogen (secondary N) is 2. The monoisotopic (exact) mass is 384 g/mol. The van der Waals surface area contributed by atoms with Crippen molar-refractivity contribution in [2.24, 2.45) is 0 Å². The Labute approximate surface area is 130 Å². The molecule has 1 amide bonds. The zero-order valence-corrected chi connectivity index (χ0v) is 13.1. The van der Waals surface area contributed by atoms with Gasteiger partial charge in [0.1, 0.15) is 5.82 Å². The van der Waals surface area contributed by atoms with Crippen LogP contribution in [-0.4, -0.2) is 13.0 Å². The SMILES string of the molecule is CNCc1ccccc1NC(=O)c1ccc(F)cc1I. The number of halogens is 2. The second-order valence-electron chi connectivity index (χ2n) is 4.27. The third kappa shape index (κ3) is 3.55. The summed E-state index contributed by atoms with van der Waals surface area (Å²) < 4.78 is 13.6. The van der Waals surface area contributed by atoms with Gasteiger partial charge in [0, 0.05) is 15.8 Å². The molecule has 20 heavy (non-hydrogen) atoms. The van der Waals surface area contributed by atoms with Gasteiger partial charge in [0.15, 0.2) is 0 Å². The van der Waals surface area contributed by atoms with Gasteiger partial charge in [-0.25, -0.2) is 4.39 Å². The summed E-state index contributed by atoms with van der Waals surface area (Å²) in [5, 5.41) is 5.92. The molecule has 3 nitrogen and oxygen atoms in total. The first-order valence-electron chi connectivity index (χ1n) is 6.10. The van der Waals surface area contributed by atoms with E-state index in [4.69, 9.17) is 0 Å². The average molecular weight is 384 g/mol. The van der Waals surface area contributed by atoms with Crippen LogP contribution in [0.15, 0.2) is 42.5 Å². The van der Waals surface area contributed by atoms with Crippen LogP contribution in [0.25, 0.3) is 0 Å². The Morgan fingerprint density at radius 2 is 2.00 bits per heavy atom. The first-order chi connectivity index (χ1) is 9.61. The molecule has 0 unspecified atom stereocenters. The van der Waals surface area contributed by atoms with Crippen LogP contribution in [0.5, 0.6) is 0 Å². The Morgan fingerprint density at radius 3 is 2.70 bits per heavy atom. The Bertz CT molecular complexity index is 631. The minimum absolute atomic E-state index is 0.238. The Morgan fingerprint density at radius 1 is 1.25 bits per heavy atom. The number of anilines is 1. The van der Waals surface area contributed by atoms with Crippen LogP contribution in [0, 0.1) is 9.39 Å². The van der Waals surface area contributed by atoms with Crippen LogP contribution in [0.1, 0.15) is 15.9 Å². The molecule has 2 N–H and O–H groups in total. The lowest BCUT2D eigenvalue weighted by Gasteiger charge is -2.11. The third-order valence-corrected chi connectivity index (χ3v) is 3.70. The van der Waals surface area contributed by atoms with Crippen molar-refractivity contribution in [2.45, 2.75) is 6.54 Å². The van der Waals surface area contributed by atoms with Crippen molar-refractivity contribution in [3.63, 3.8) is 0 Å². The molecule has 0 spiro atoms. The van der Waals surface area contributed by atoms with Crippen molar-refractivity contribution in [3.8, 4) is 0 Å².